The maximum absolute atomic E-state index is 12.8. The molecule has 1 N–H and O–H groups in total. The second-order valence-corrected chi connectivity index (χ2v) is 15.9. The predicted octanol–water partition coefficient (Wildman–Crippen LogP) is 6.94. The van der Waals surface area contributed by atoms with Crippen LogP contribution >= 0.6 is 11.3 Å². The zero-order chi connectivity index (χ0) is 33.2. The van der Waals surface area contributed by atoms with Crippen LogP contribution < -0.4 is 4.74 Å². The number of carbonyl (C=O) groups is 1. The van der Waals surface area contributed by atoms with Gasteiger partial charge in [0, 0.05) is 68.1 Å². The number of benzene rings is 2. The summed E-state index contributed by atoms with van der Waals surface area (Å²) in [6, 6.07) is 12.9. The Hall–Kier alpha value is -2.98. The third kappa shape index (κ3) is 7.85. The van der Waals surface area contributed by atoms with E-state index >= 15 is 0 Å². The summed E-state index contributed by atoms with van der Waals surface area (Å²) >= 11 is 1.79. The first-order valence-corrected chi connectivity index (χ1v) is 18.2. The molecule has 2 fully saturated rings. The molecule has 1 unspecified atom stereocenters. The minimum Gasteiger partial charge on any atom is -0.493 e. The van der Waals surface area contributed by atoms with E-state index in [9.17, 15) is 9.90 Å². The average molecular weight is 661 g/mol. The van der Waals surface area contributed by atoms with Gasteiger partial charge in [-0.3, -0.25) is 4.90 Å². The first-order chi connectivity index (χ1) is 22.5. The summed E-state index contributed by atoms with van der Waals surface area (Å²) in [5.41, 5.74) is 6.94. The lowest BCUT2D eigenvalue weighted by molar-refractivity contribution is 0.00539. The van der Waals surface area contributed by atoms with E-state index in [1.165, 1.54) is 39.2 Å². The highest BCUT2D eigenvalue weighted by Gasteiger charge is 2.43. The molecule has 1 aromatic heterocycles. The molecule has 6 rings (SSSR count). The molecule has 2 aromatic carbocycles. The fraction of sp³-hybridized carbons (Fsp3) is 0.579. The van der Waals surface area contributed by atoms with Gasteiger partial charge in [0.25, 0.3) is 0 Å². The molecule has 1 spiro atoms. The van der Waals surface area contributed by atoms with Crippen LogP contribution in [0.4, 0.5) is 4.79 Å². The molecule has 2 saturated heterocycles. The van der Waals surface area contributed by atoms with Crippen LogP contribution in [0, 0.1) is 19.3 Å². The maximum Gasteiger partial charge on any atom is 0.410 e. The van der Waals surface area contributed by atoms with Gasteiger partial charge < -0.3 is 24.4 Å². The van der Waals surface area contributed by atoms with Gasteiger partial charge in [0.2, 0.25) is 0 Å². The van der Waals surface area contributed by atoms with Gasteiger partial charge in [-0.25, -0.2) is 9.78 Å². The van der Waals surface area contributed by atoms with Crippen molar-refractivity contribution in [2.45, 2.75) is 78.9 Å². The largest absolute Gasteiger partial charge is 0.493 e. The van der Waals surface area contributed by atoms with Crippen LogP contribution in [-0.4, -0.2) is 95.5 Å². The van der Waals surface area contributed by atoms with Crippen molar-refractivity contribution in [1.29, 1.82) is 0 Å². The Morgan fingerprint density at radius 1 is 0.957 bits per heavy atom. The summed E-state index contributed by atoms with van der Waals surface area (Å²) in [7, 11) is 0. The molecule has 4 heterocycles. The molecule has 8 nitrogen and oxygen atoms in total. The summed E-state index contributed by atoms with van der Waals surface area (Å²) in [6.45, 7) is 18.3. The second kappa shape index (κ2) is 14.2. The van der Waals surface area contributed by atoms with Gasteiger partial charge in [-0.2, -0.15) is 0 Å². The molecule has 47 heavy (non-hydrogen) atoms. The molecule has 1 atom stereocenters. The quantitative estimate of drug-likeness (QED) is 0.249. The van der Waals surface area contributed by atoms with Crippen LogP contribution in [-0.2, 0) is 17.7 Å². The Balaban J connectivity index is 1.05. The molecule has 0 aliphatic carbocycles. The highest BCUT2D eigenvalue weighted by atomic mass is 32.1. The number of piperidine rings is 1. The normalized spacial score (nSPS) is 20.5. The molecule has 254 valence electrons. The number of likely N-dealkylation sites (tertiary alicyclic amines) is 2. The number of amides is 1. The molecule has 3 aliphatic heterocycles. The molecule has 3 aromatic rings. The molecule has 0 radical (unpaired) electrons. The lowest BCUT2D eigenvalue weighted by Crippen LogP contribution is -2.48. The van der Waals surface area contributed by atoms with Crippen LogP contribution in [0.1, 0.15) is 68.2 Å². The molecule has 3 aliphatic rings. The second-order valence-electron chi connectivity index (χ2n) is 14.8. The van der Waals surface area contributed by atoms with E-state index in [1.807, 2.05) is 25.7 Å². The first kappa shape index (κ1) is 33.9. The number of thiazole rings is 1. The monoisotopic (exact) mass is 660 g/mol. The summed E-state index contributed by atoms with van der Waals surface area (Å²) in [5.74, 6) is 0.944. The van der Waals surface area contributed by atoms with E-state index in [1.54, 1.807) is 11.3 Å². The standard InChI is InChI=1S/C38H52N4O4S/c1-27-29(10-6-12-31(27)35-39-32-14-19-40(21-22-43)24-34(32)47-35)30-11-7-13-33(28(30)2)45-23-9-17-41-20-16-38(25-41)15-8-18-42(26-38)36(44)46-37(3,4)5/h6-7,10-13,43H,8-9,14-26H2,1-5H3. The maximum atomic E-state index is 12.8. The number of carbonyl (C=O) groups excluding carboxylic acids is 1. The van der Waals surface area contributed by atoms with Crippen molar-refractivity contribution < 1.29 is 19.4 Å². The Morgan fingerprint density at radius 2 is 1.72 bits per heavy atom. The van der Waals surface area contributed by atoms with E-state index < -0.39 is 5.60 Å². The first-order valence-electron chi connectivity index (χ1n) is 17.4. The van der Waals surface area contributed by atoms with Crippen LogP contribution in [0.2, 0.25) is 0 Å². The molecular weight excluding hydrogens is 609 g/mol. The zero-order valence-corrected chi connectivity index (χ0v) is 29.8. The fourth-order valence-electron chi connectivity index (χ4n) is 7.63. The van der Waals surface area contributed by atoms with Gasteiger partial charge in [0.05, 0.1) is 18.9 Å². The van der Waals surface area contributed by atoms with Crippen LogP contribution in [0.15, 0.2) is 36.4 Å². The van der Waals surface area contributed by atoms with Crippen LogP contribution in [0.25, 0.3) is 21.7 Å². The topological polar surface area (TPSA) is 78.4 Å². The van der Waals surface area contributed by atoms with Crippen molar-refractivity contribution >= 4 is 17.4 Å². The number of nitrogens with zero attached hydrogens (tertiary/aromatic N) is 4. The van der Waals surface area contributed by atoms with Crippen molar-refractivity contribution in [3.8, 4) is 27.4 Å². The Morgan fingerprint density at radius 3 is 2.51 bits per heavy atom. The van der Waals surface area contributed by atoms with Crippen LogP contribution in [0.3, 0.4) is 0 Å². The number of hydrogen-bond donors (Lipinski definition) is 1. The summed E-state index contributed by atoms with van der Waals surface area (Å²) < 4.78 is 12.1. The predicted molar refractivity (Wildman–Crippen MR) is 189 cm³/mol. The number of β-amino-alcohol motifs (C(OH)–C–C–N with tert-alkyl or cyclic N) is 1. The number of ether oxygens (including phenoxy) is 2. The minimum absolute atomic E-state index is 0.170. The van der Waals surface area contributed by atoms with E-state index in [4.69, 9.17) is 14.5 Å². The SMILES string of the molecule is Cc1c(OCCCN2CCC3(CCCN(C(=O)OC(C)(C)C)C3)C2)cccc1-c1cccc(-c2nc3c(s2)CN(CCO)CC3)c1C. The highest BCUT2D eigenvalue weighted by molar-refractivity contribution is 7.15. The average Bonchev–Trinajstić information content (AvgIpc) is 3.63. The van der Waals surface area contributed by atoms with Gasteiger partial charge in [-0.1, -0.05) is 30.3 Å². The van der Waals surface area contributed by atoms with Gasteiger partial charge in [-0.05, 0) is 95.2 Å². The minimum atomic E-state index is -0.462. The third-order valence-electron chi connectivity index (χ3n) is 10.1. The van der Waals surface area contributed by atoms with Crippen molar-refractivity contribution in [2.24, 2.45) is 5.41 Å². The molecule has 9 heteroatoms. The van der Waals surface area contributed by atoms with E-state index in [-0.39, 0.29) is 18.1 Å². The highest BCUT2D eigenvalue weighted by Crippen LogP contribution is 2.40. The van der Waals surface area contributed by atoms with Crippen molar-refractivity contribution in [1.82, 2.24) is 19.7 Å². The number of aliphatic hydroxyl groups is 1. The van der Waals surface area contributed by atoms with Crippen molar-refractivity contribution in [3.63, 3.8) is 0 Å². The molecule has 1 amide bonds. The molecular formula is C38H52N4O4S. The van der Waals surface area contributed by atoms with E-state index in [0.29, 0.717) is 13.2 Å². The number of aromatic nitrogens is 1. The van der Waals surface area contributed by atoms with Gasteiger partial charge >= 0.3 is 6.09 Å². The smallest absolute Gasteiger partial charge is 0.410 e. The van der Waals surface area contributed by atoms with Crippen molar-refractivity contribution in [3.05, 3.63) is 58.1 Å². The number of rotatable bonds is 9. The number of fused-ring (bicyclic) bond motifs is 1. The number of hydrogen-bond acceptors (Lipinski definition) is 8. The van der Waals surface area contributed by atoms with E-state index in [2.05, 4.69) is 60.0 Å². The van der Waals surface area contributed by atoms with Gasteiger partial charge in [-0.15, -0.1) is 11.3 Å². The van der Waals surface area contributed by atoms with Crippen molar-refractivity contribution in [2.75, 3.05) is 59.0 Å². The lowest BCUT2D eigenvalue weighted by Gasteiger charge is -2.40. The van der Waals surface area contributed by atoms with Crippen LogP contribution in [0.5, 0.6) is 5.75 Å². The number of aliphatic hydroxyl groups excluding tert-OH is 1. The summed E-state index contributed by atoms with van der Waals surface area (Å²) in [6.07, 6.45) is 5.10. The molecule has 0 saturated carbocycles. The fourth-order valence-corrected chi connectivity index (χ4v) is 8.86. The van der Waals surface area contributed by atoms with E-state index in [0.717, 1.165) is 87.8 Å². The molecule has 0 bridgehead atoms. The zero-order valence-electron chi connectivity index (χ0n) is 28.9. The third-order valence-corrected chi connectivity index (χ3v) is 11.2. The summed E-state index contributed by atoms with van der Waals surface area (Å²) in [4.78, 5) is 25.9. The van der Waals surface area contributed by atoms with Gasteiger partial charge in [0.15, 0.2) is 0 Å². The Labute approximate surface area is 284 Å². The Bertz CT molecular complexity index is 1570. The Kier molecular flexibility index (Phi) is 10.3. The lowest BCUT2D eigenvalue weighted by atomic mass is 9.79. The van der Waals surface area contributed by atoms with Gasteiger partial charge in [0.1, 0.15) is 16.4 Å². The summed E-state index contributed by atoms with van der Waals surface area (Å²) in [5, 5.41) is 10.5.